The maximum Gasteiger partial charge on any atom is 0.0620 e. The van der Waals surface area contributed by atoms with Crippen LogP contribution in [0.2, 0.25) is 0 Å². The number of nitrogens with one attached hydrogen (secondary N) is 2. The molecule has 0 spiro atoms. The second kappa shape index (κ2) is 5.48. The van der Waals surface area contributed by atoms with Crippen molar-refractivity contribution in [2.45, 2.75) is 18.5 Å². The maximum atomic E-state index is 5.49. The van der Waals surface area contributed by atoms with Gasteiger partial charge in [0.1, 0.15) is 0 Å². The zero-order valence-electron chi connectivity index (χ0n) is 10.1. The lowest BCUT2D eigenvalue weighted by Gasteiger charge is -2.31. The number of rotatable bonds is 4. The SMILES string of the molecule is CN(C)C(CC1COCCN1)c1cc[nH]c1. The van der Waals surface area contributed by atoms with Crippen LogP contribution in [0.3, 0.4) is 0 Å². The minimum atomic E-state index is 0.449. The van der Waals surface area contributed by atoms with E-state index in [0.29, 0.717) is 12.1 Å². The van der Waals surface area contributed by atoms with Gasteiger partial charge < -0.3 is 19.9 Å². The normalized spacial score (nSPS) is 23.6. The molecule has 1 aromatic rings. The van der Waals surface area contributed by atoms with Gasteiger partial charge in [-0.2, -0.15) is 0 Å². The van der Waals surface area contributed by atoms with Gasteiger partial charge in [-0.15, -0.1) is 0 Å². The van der Waals surface area contributed by atoms with Crippen LogP contribution in [-0.2, 0) is 4.74 Å². The van der Waals surface area contributed by atoms with Crippen LogP contribution in [0.4, 0.5) is 0 Å². The van der Waals surface area contributed by atoms with Crippen LogP contribution in [0, 0.1) is 0 Å². The Morgan fingerprint density at radius 3 is 3.00 bits per heavy atom. The third-order valence-electron chi connectivity index (χ3n) is 3.14. The molecule has 2 heterocycles. The molecule has 2 unspecified atom stereocenters. The molecular weight excluding hydrogens is 202 g/mol. The third-order valence-corrected chi connectivity index (χ3v) is 3.14. The van der Waals surface area contributed by atoms with Crippen molar-refractivity contribution < 1.29 is 4.74 Å². The van der Waals surface area contributed by atoms with E-state index in [9.17, 15) is 0 Å². The van der Waals surface area contributed by atoms with E-state index in [1.54, 1.807) is 0 Å². The molecule has 0 saturated carbocycles. The fraction of sp³-hybridized carbons (Fsp3) is 0.667. The molecule has 1 saturated heterocycles. The number of morpholine rings is 1. The summed E-state index contributed by atoms with van der Waals surface area (Å²) >= 11 is 0. The molecule has 2 rings (SSSR count). The van der Waals surface area contributed by atoms with Gasteiger partial charge in [-0.05, 0) is 32.1 Å². The van der Waals surface area contributed by atoms with E-state index in [4.69, 9.17) is 4.74 Å². The first-order valence-corrected chi connectivity index (χ1v) is 5.87. The molecule has 2 atom stereocenters. The number of ether oxygens (including phenoxy) is 1. The van der Waals surface area contributed by atoms with Crippen molar-refractivity contribution in [3.8, 4) is 0 Å². The van der Waals surface area contributed by atoms with Crippen molar-refractivity contribution in [2.75, 3.05) is 33.9 Å². The average Bonchev–Trinajstić information content (AvgIpc) is 2.80. The summed E-state index contributed by atoms with van der Waals surface area (Å²) in [7, 11) is 4.25. The fourth-order valence-electron chi connectivity index (χ4n) is 2.23. The molecule has 4 nitrogen and oxygen atoms in total. The highest BCUT2D eigenvalue weighted by molar-refractivity contribution is 5.14. The smallest absolute Gasteiger partial charge is 0.0620 e. The highest BCUT2D eigenvalue weighted by Gasteiger charge is 2.21. The predicted octanol–water partition coefficient (Wildman–Crippen LogP) is 0.996. The van der Waals surface area contributed by atoms with Gasteiger partial charge in [0.15, 0.2) is 0 Å². The molecule has 0 aromatic carbocycles. The molecule has 90 valence electrons. The van der Waals surface area contributed by atoms with Crippen LogP contribution in [0.15, 0.2) is 18.5 Å². The standard InChI is InChI=1S/C12H21N3O/c1-15(2)12(10-3-4-13-8-10)7-11-9-16-6-5-14-11/h3-4,8,11-14H,5-7,9H2,1-2H3. The Morgan fingerprint density at radius 1 is 1.56 bits per heavy atom. The van der Waals surface area contributed by atoms with E-state index < -0.39 is 0 Å². The van der Waals surface area contributed by atoms with Crippen LogP contribution in [0.1, 0.15) is 18.0 Å². The summed E-state index contributed by atoms with van der Waals surface area (Å²) in [6.07, 6.45) is 5.15. The second-order valence-electron chi connectivity index (χ2n) is 4.59. The van der Waals surface area contributed by atoms with Crippen molar-refractivity contribution in [3.05, 3.63) is 24.0 Å². The van der Waals surface area contributed by atoms with Gasteiger partial charge in [0, 0.05) is 31.0 Å². The summed E-state index contributed by atoms with van der Waals surface area (Å²) in [6, 6.07) is 3.07. The van der Waals surface area contributed by atoms with E-state index in [2.05, 4.69) is 41.6 Å². The Kier molecular flexibility index (Phi) is 3.98. The number of nitrogens with zero attached hydrogens (tertiary/aromatic N) is 1. The molecule has 1 aliphatic heterocycles. The highest BCUT2D eigenvalue weighted by atomic mass is 16.5. The Bertz CT molecular complexity index is 291. The largest absolute Gasteiger partial charge is 0.379 e. The summed E-state index contributed by atoms with van der Waals surface area (Å²) in [5.41, 5.74) is 1.34. The lowest BCUT2D eigenvalue weighted by atomic mass is 10.0. The Labute approximate surface area is 97.0 Å². The molecule has 1 aliphatic rings. The van der Waals surface area contributed by atoms with Gasteiger partial charge in [-0.1, -0.05) is 0 Å². The van der Waals surface area contributed by atoms with Crippen LogP contribution >= 0.6 is 0 Å². The fourth-order valence-corrected chi connectivity index (χ4v) is 2.23. The topological polar surface area (TPSA) is 40.3 Å². The van der Waals surface area contributed by atoms with Gasteiger partial charge >= 0.3 is 0 Å². The molecule has 0 bridgehead atoms. The first kappa shape index (κ1) is 11.6. The lowest BCUT2D eigenvalue weighted by Crippen LogP contribution is -2.43. The van der Waals surface area contributed by atoms with Gasteiger partial charge in [0.2, 0.25) is 0 Å². The van der Waals surface area contributed by atoms with Crippen molar-refractivity contribution in [1.29, 1.82) is 0 Å². The van der Waals surface area contributed by atoms with Crippen LogP contribution in [0.5, 0.6) is 0 Å². The highest BCUT2D eigenvalue weighted by Crippen LogP contribution is 2.23. The molecule has 16 heavy (non-hydrogen) atoms. The summed E-state index contributed by atoms with van der Waals surface area (Å²) in [5, 5.41) is 3.50. The quantitative estimate of drug-likeness (QED) is 0.800. The lowest BCUT2D eigenvalue weighted by molar-refractivity contribution is 0.0648. The molecule has 2 N–H and O–H groups in total. The van der Waals surface area contributed by atoms with Crippen molar-refractivity contribution >= 4 is 0 Å². The molecule has 0 radical (unpaired) electrons. The first-order chi connectivity index (χ1) is 7.77. The van der Waals surface area contributed by atoms with Crippen LogP contribution < -0.4 is 5.32 Å². The Morgan fingerprint density at radius 2 is 2.44 bits per heavy atom. The summed E-state index contributed by atoms with van der Waals surface area (Å²) in [4.78, 5) is 5.39. The van der Waals surface area contributed by atoms with Crippen LogP contribution in [-0.4, -0.2) is 49.8 Å². The summed E-state index contributed by atoms with van der Waals surface area (Å²) < 4.78 is 5.49. The molecule has 1 fully saturated rings. The monoisotopic (exact) mass is 223 g/mol. The Balaban J connectivity index is 1.97. The minimum absolute atomic E-state index is 0.449. The number of H-pyrrole nitrogens is 1. The zero-order valence-corrected chi connectivity index (χ0v) is 10.1. The number of hydrogen-bond donors (Lipinski definition) is 2. The van der Waals surface area contributed by atoms with E-state index in [1.807, 2.05) is 6.20 Å². The number of hydrogen-bond acceptors (Lipinski definition) is 3. The van der Waals surface area contributed by atoms with Gasteiger partial charge in [-0.3, -0.25) is 0 Å². The zero-order chi connectivity index (χ0) is 11.4. The summed E-state index contributed by atoms with van der Waals surface area (Å²) in [6.45, 7) is 2.64. The Hall–Kier alpha value is -0.840. The minimum Gasteiger partial charge on any atom is -0.379 e. The molecule has 1 aromatic heterocycles. The summed E-state index contributed by atoms with van der Waals surface area (Å²) in [5.74, 6) is 0. The van der Waals surface area contributed by atoms with Gasteiger partial charge in [0.25, 0.3) is 0 Å². The van der Waals surface area contributed by atoms with E-state index in [1.165, 1.54) is 5.56 Å². The van der Waals surface area contributed by atoms with Crippen LogP contribution in [0.25, 0.3) is 0 Å². The number of aromatic nitrogens is 1. The van der Waals surface area contributed by atoms with Gasteiger partial charge in [0.05, 0.1) is 13.2 Å². The molecule has 4 heteroatoms. The molecular formula is C12H21N3O. The second-order valence-corrected chi connectivity index (χ2v) is 4.59. The average molecular weight is 223 g/mol. The first-order valence-electron chi connectivity index (χ1n) is 5.87. The van der Waals surface area contributed by atoms with Crippen molar-refractivity contribution in [2.24, 2.45) is 0 Å². The maximum absolute atomic E-state index is 5.49. The molecule has 0 amide bonds. The molecule has 0 aliphatic carbocycles. The van der Waals surface area contributed by atoms with Crippen molar-refractivity contribution in [1.82, 2.24) is 15.2 Å². The predicted molar refractivity (Wildman–Crippen MR) is 64.4 cm³/mol. The third kappa shape index (κ3) is 2.84. The van der Waals surface area contributed by atoms with E-state index in [-0.39, 0.29) is 0 Å². The van der Waals surface area contributed by atoms with Crippen molar-refractivity contribution in [3.63, 3.8) is 0 Å². The van der Waals surface area contributed by atoms with Gasteiger partial charge in [-0.25, -0.2) is 0 Å². The van der Waals surface area contributed by atoms with E-state index in [0.717, 1.165) is 26.2 Å². The number of aromatic amines is 1. The van der Waals surface area contributed by atoms with E-state index >= 15 is 0 Å².